The van der Waals surface area contributed by atoms with Gasteiger partial charge in [-0.25, -0.2) is 4.79 Å². The number of carbonyl (C=O) groups is 1. The summed E-state index contributed by atoms with van der Waals surface area (Å²) in [6.45, 7) is 1.36. The van der Waals surface area contributed by atoms with Gasteiger partial charge in [0, 0.05) is 13.0 Å². The molecule has 5 heteroatoms. The predicted octanol–water partition coefficient (Wildman–Crippen LogP) is 1.91. The maximum absolute atomic E-state index is 10.7. The summed E-state index contributed by atoms with van der Waals surface area (Å²) in [5, 5.41) is 8.81. The molecule has 1 aromatic rings. The third-order valence-electron chi connectivity index (χ3n) is 2.98. The van der Waals surface area contributed by atoms with Gasteiger partial charge in [-0.3, -0.25) is 0 Å². The Balaban J connectivity index is 1.87. The number of benzene rings is 1. The summed E-state index contributed by atoms with van der Waals surface area (Å²) in [6, 6.07) is 4.48. The Morgan fingerprint density at radius 3 is 3.00 bits per heavy atom. The fraction of sp³-hybridized carbons (Fsp3) is 0.462. The van der Waals surface area contributed by atoms with E-state index in [-0.39, 0.29) is 11.7 Å². The lowest BCUT2D eigenvalue weighted by molar-refractivity contribution is 0.0697. The zero-order chi connectivity index (χ0) is 13.0. The SMILES string of the molecule is Nc1cc(C(=O)O)ccc1OCCC1CCCO1. The van der Waals surface area contributed by atoms with Crippen molar-refractivity contribution in [1.82, 2.24) is 0 Å². The van der Waals surface area contributed by atoms with Crippen LogP contribution in [0.4, 0.5) is 5.69 Å². The van der Waals surface area contributed by atoms with E-state index in [9.17, 15) is 4.79 Å². The summed E-state index contributed by atoms with van der Waals surface area (Å²) >= 11 is 0. The molecule has 98 valence electrons. The molecule has 0 aromatic heterocycles. The van der Waals surface area contributed by atoms with Crippen molar-refractivity contribution in [3.63, 3.8) is 0 Å². The molecule has 1 atom stereocenters. The molecule has 1 saturated heterocycles. The summed E-state index contributed by atoms with van der Waals surface area (Å²) in [7, 11) is 0. The van der Waals surface area contributed by atoms with Crippen molar-refractivity contribution < 1.29 is 19.4 Å². The van der Waals surface area contributed by atoms with Crippen molar-refractivity contribution in [1.29, 1.82) is 0 Å². The van der Waals surface area contributed by atoms with E-state index < -0.39 is 5.97 Å². The first-order chi connectivity index (χ1) is 8.66. The zero-order valence-electron chi connectivity index (χ0n) is 10.1. The number of hydrogen-bond donors (Lipinski definition) is 2. The van der Waals surface area contributed by atoms with Gasteiger partial charge in [0.25, 0.3) is 0 Å². The average molecular weight is 251 g/mol. The fourth-order valence-electron chi connectivity index (χ4n) is 1.99. The van der Waals surface area contributed by atoms with E-state index in [4.69, 9.17) is 20.3 Å². The third-order valence-corrected chi connectivity index (χ3v) is 2.98. The number of rotatable bonds is 5. The van der Waals surface area contributed by atoms with Gasteiger partial charge in [-0.1, -0.05) is 0 Å². The molecule has 0 spiro atoms. The molecule has 0 saturated carbocycles. The van der Waals surface area contributed by atoms with Crippen LogP contribution in [0.25, 0.3) is 0 Å². The van der Waals surface area contributed by atoms with Crippen molar-refractivity contribution in [2.75, 3.05) is 18.9 Å². The highest BCUT2D eigenvalue weighted by atomic mass is 16.5. The summed E-state index contributed by atoms with van der Waals surface area (Å²) in [5.41, 5.74) is 6.25. The first-order valence-electron chi connectivity index (χ1n) is 6.04. The van der Waals surface area contributed by atoms with Crippen LogP contribution >= 0.6 is 0 Å². The van der Waals surface area contributed by atoms with Gasteiger partial charge < -0.3 is 20.3 Å². The lowest BCUT2D eigenvalue weighted by Gasteiger charge is -2.12. The molecular formula is C13H17NO4. The lowest BCUT2D eigenvalue weighted by Crippen LogP contribution is -2.11. The first-order valence-corrected chi connectivity index (χ1v) is 6.04. The molecule has 0 radical (unpaired) electrons. The van der Waals surface area contributed by atoms with Crippen LogP contribution in [0.3, 0.4) is 0 Å². The molecule has 1 aliphatic rings. The number of nitrogens with two attached hydrogens (primary N) is 1. The van der Waals surface area contributed by atoms with Crippen LogP contribution in [0.5, 0.6) is 5.75 Å². The van der Waals surface area contributed by atoms with E-state index in [0.717, 1.165) is 25.9 Å². The molecule has 1 unspecified atom stereocenters. The fourth-order valence-corrected chi connectivity index (χ4v) is 1.99. The van der Waals surface area contributed by atoms with Crippen LogP contribution in [0.1, 0.15) is 29.6 Å². The topological polar surface area (TPSA) is 81.8 Å². The Bertz CT molecular complexity index is 427. The third kappa shape index (κ3) is 3.13. The van der Waals surface area contributed by atoms with E-state index in [1.165, 1.54) is 12.1 Å². The number of nitrogen functional groups attached to an aromatic ring is 1. The molecule has 2 rings (SSSR count). The Kier molecular flexibility index (Phi) is 4.04. The van der Waals surface area contributed by atoms with Gasteiger partial charge in [-0.2, -0.15) is 0 Å². The quantitative estimate of drug-likeness (QED) is 0.781. The van der Waals surface area contributed by atoms with Crippen molar-refractivity contribution >= 4 is 11.7 Å². The van der Waals surface area contributed by atoms with Crippen molar-refractivity contribution in [3.8, 4) is 5.75 Å². The molecule has 0 aliphatic carbocycles. The second-order valence-corrected chi connectivity index (χ2v) is 4.33. The predicted molar refractivity (Wildman–Crippen MR) is 66.9 cm³/mol. The van der Waals surface area contributed by atoms with E-state index in [1.807, 2.05) is 0 Å². The van der Waals surface area contributed by atoms with Gasteiger partial charge in [-0.15, -0.1) is 0 Å². The number of hydrogen-bond acceptors (Lipinski definition) is 4. The molecule has 1 aromatic carbocycles. The molecule has 0 bridgehead atoms. The molecule has 5 nitrogen and oxygen atoms in total. The zero-order valence-corrected chi connectivity index (χ0v) is 10.1. The van der Waals surface area contributed by atoms with E-state index >= 15 is 0 Å². The van der Waals surface area contributed by atoms with E-state index in [0.29, 0.717) is 18.0 Å². The van der Waals surface area contributed by atoms with Crippen molar-refractivity contribution in [2.45, 2.75) is 25.4 Å². The monoisotopic (exact) mass is 251 g/mol. The number of carboxylic acids is 1. The van der Waals surface area contributed by atoms with Gasteiger partial charge in [-0.05, 0) is 31.0 Å². The minimum atomic E-state index is -0.993. The second-order valence-electron chi connectivity index (χ2n) is 4.33. The van der Waals surface area contributed by atoms with Crippen LogP contribution in [0, 0.1) is 0 Å². The second kappa shape index (κ2) is 5.73. The van der Waals surface area contributed by atoms with Crippen molar-refractivity contribution in [3.05, 3.63) is 23.8 Å². The van der Waals surface area contributed by atoms with Gasteiger partial charge in [0.15, 0.2) is 0 Å². The summed E-state index contributed by atoms with van der Waals surface area (Å²) in [6.07, 6.45) is 3.31. The van der Waals surface area contributed by atoms with Gasteiger partial charge >= 0.3 is 5.97 Å². The Morgan fingerprint density at radius 2 is 2.39 bits per heavy atom. The highest BCUT2D eigenvalue weighted by Crippen LogP contribution is 2.23. The van der Waals surface area contributed by atoms with E-state index in [2.05, 4.69) is 0 Å². The number of ether oxygens (including phenoxy) is 2. The largest absolute Gasteiger partial charge is 0.491 e. The van der Waals surface area contributed by atoms with Gasteiger partial charge in [0.1, 0.15) is 5.75 Å². The molecule has 1 heterocycles. The maximum atomic E-state index is 10.7. The van der Waals surface area contributed by atoms with E-state index in [1.54, 1.807) is 6.07 Å². The minimum absolute atomic E-state index is 0.166. The number of carboxylic acid groups (broad SMARTS) is 1. The molecule has 18 heavy (non-hydrogen) atoms. The average Bonchev–Trinajstić information content (AvgIpc) is 2.84. The standard InChI is InChI=1S/C13H17NO4/c14-11-8-9(13(15)16)3-4-12(11)18-7-5-10-2-1-6-17-10/h3-4,8,10H,1-2,5-7,14H2,(H,15,16). The molecular weight excluding hydrogens is 234 g/mol. The molecule has 3 N–H and O–H groups in total. The van der Waals surface area contributed by atoms with Crippen LogP contribution in [-0.4, -0.2) is 30.4 Å². The van der Waals surface area contributed by atoms with Crippen molar-refractivity contribution in [2.24, 2.45) is 0 Å². The molecule has 0 amide bonds. The number of anilines is 1. The summed E-state index contributed by atoms with van der Waals surface area (Å²) in [5.74, 6) is -0.467. The Morgan fingerprint density at radius 1 is 1.56 bits per heavy atom. The molecule has 1 fully saturated rings. The highest BCUT2D eigenvalue weighted by Gasteiger charge is 2.15. The van der Waals surface area contributed by atoms with Gasteiger partial charge in [0.05, 0.1) is 24.0 Å². The minimum Gasteiger partial charge on any atom is -0.491 e. The normalized spacial score (nSPS) is 18.8. The van der Waals surface area contributed by atoms with Crippen LogP contribution in [0.2, 0.25) is 0 Å². The first kappa shape index (κ1) is 12.7. The summed E-state index contributed by atoms with van der Waals surface area (Å²) < 4.78 is 11.0. The van der Waals surface area contributed by atoms with Crippen LogP contribution in [-0.2, 0) is 4.74 Å². The smallest absolute Gasteiger partial charge is 0.335 e. The Labute approximate surface area is 106 Å². The van der Waals surface area contributed by atoms with Crippen LogP contribution in [0.15, 0.2) is 18.2 Å². The summed E-state index contributed by atoms with van der Waals surface area (Å²) in [4.78, 5) is 10.7. The maximum Gasteiger partial charge on any atom is 0.335 e. The lowest BCUT2D eigenvalue weighted by atomic mass is 10.2. The highest BCUT2D eigenvalue weighted by molar-refractivity contribution is 5.89. The molecule has 1 aliphatic heterocycles. The van der Waals surface area contributed by atoms with Crippen LogP contribution < -0.4 is 10.5 Å². The number of aromatic carboxylic acids is 1. The Hall–Kier alpha value is -1.75. The van der Waals surface area contributed by atoms with Gasteiger partial charge in [0.2, 0.25) is 0 Å².